The van der Waals surface area contributed by atoms with Crippen LogP contribution in [0.1, 0.15) is 54.1 Å². The summed E-state index contributed by atoms with van der Waals surface area (Å²) in [5.74, 6) is 0.834. The number of benzene rings is 1. The molecule has 3 aliphatic rings. The molecule has 0 saturated carbocycles. The molecule has 36 heavy (non-hydrogen) atoms. The zero-order chi connectivity index (χ0) is 25.2. The van der Waals surface area contributed by atoms with Crippen molar-refractivity contribution in [1.29, 1.82) is 5.41 Å². The van der Waals surface area contributed by atoms with E-state index < -0.39 is 0 Å². The van der Waals surface area contributed by atoms with Gasteiger partial charge < -0.3 is 16.0 Å². The van der Waals surface area contributed by atoms with Gasteiger partial charge in [-0.05, 0) is 108 Å². The molecule has 9 heteroatoms. The van der Waals surface area contributed by atoms with Crippen LogP contribution in [0.2, 0.25) is 5.02 Å². The van der Waals surface area contributed by atoms with Crippen LogP contribution in [-0.4, -0.2) is 59.4 Å². The quantitative estimate of drug-likeness (QED) is 0.378. The van der Waals surface area contributed by atoms with Gasteiger partial charge in [-0.15, -0.1) is 0 Å². The van der Waals surface area contributed by atoms with Crippen LogP contribution < -0.4 is 11.1 Å². The highest BCUT2D eigenvalue weighted by atomic mass is 79.9. The predicted octanol–water partition coefficient (Wildman–Crippen LogP) is 4.12. The first-order valence-corrected chi connectivity index (χ1v) is 14.1. The Morgan fingerprint density at radius 1 is 1.11 bits per heavy atom. The zero-order valence-electron chi connectivity index (χ0n) is 20.5. The lowest BCUT2D eigenvalue weighted by Crippen LogP contribution is -2.46. The number of hydrogen-bond donors (Lipinski definition) is 3. The van der Waals surface area contributed by atoms with Gasteiger partial charge in [0.1, 0.15) is 0 Å². The van der Waals surface area contributed by atoms with E-state index >= 15 is 0 Å². The van der Waals surface area contributed by atoms with Crippen molar-refractivity contribution < 1.29 is 4.79 Å². The van der Waals surface area contributed by atoms with Gasteiger partial charge in [-0.3, -0.25) is 20.1 Å². The number of nitrogens with one attached hydrogen (secondary N) is 2. The fourth-order valence-corrected chi connectivity index (χ4v) is 6.54. The van der Waals surface area contributed by atoms with E-state index in [4.69, 9.17) is 27.7 Å². The predicted molar refractivity (Wildman–Crippen MR) is 146 cm³/mol. The third kappa shape index (κ3) is 5.55. The lowest BCUT2D eigenvalue weighted by Gasteiger charge is -2.38. The van der Waals surface area contributed by atoms with Gasteiger partial charge in [0.25, 0.3) is 0 Å². The maximum Gasteiger partial charge on any atom is 0.223 e. The standard InChI is InChI=1S/C27H34BrClN6O/c28-21-13-20-2-1-19-14-22(29)3-4-23(19)25(24(20)32-16-21)34-11-7-18(8-12-34)26(36)33-15-17-5-9-35(10-6-17)27(30)31/h3-4,13-14,16-18,25H,1-2,5-12,15H2,(H3,30,31)(H,33,36). The van der Waals surface area contributed by atoms with Gasteiger partial charge in [0.2, 0.25) is 5.91 Å². The summed E-state index contributed by atoms with van der Waals surface area (Å²) in [6.07, 6.45) is 7.41. The average Bonchev–Trinajstić information content (AvgIpc) is 3.03. The van der Waals surface area contributed by atoms with Gasteiger partial charge in [0.15, 0.2) is 5.96 Å². The van der Waals surface area contributed by atoms with E-state index in [9.17, 15) is 4.79 Å². The number of nitrogens with zero attached hydrogens (tertiary/aromatic N) is 3. The third-order valence-corrected chi connectivity index (χ3v) is 8.74. The topological polar surface area (TPSA) is 98.3 Å². The highest BCUT2D eigenvalue weighted by molar-refractivity contribution is 9.10. The molecule has 3 heterocycles. The number of fused-ring (bicyclic) bond motifs is 2. The van der Waals surface area contributed by atoms with Crippen LogP contribution >= 0.6 is 27.5 Å². The lowest BCUT2D eigenvalue weighted by molar-refractivity contribution is -0.126. The molecule has 7 nitrogen and oxygen atoms in total. The molecule has 0 bridgehead atoms. The molecule has 192 valence electrons. The largest absolute Gasteiger partial charge is 0.370 e. The maximum absolute atomic E-state index is 13.0. The summed E-state index contributed by atoms with van der Waals surface area (Å²) in [6.45, 7) is 4.04. The van der Waals surface area contributed by atoms with Gasteiger partial charge in [-0.1, -0.05) is 17.7 Å². The monoisotopic (exact) mass is 572 g/mol. The summed E-state index contributed by atoms with van der Waals surface area (Å²) < 4.78 is 1.01. The Labute approximate surface area is 226 Å². The van der Waals surface area contributed by atoms with Gasteiger partial charge in [-0.25, -0.2) is 0 Å². The maximum atomic E-state index is 13.0. The minimum atomic E-state index is 0.0476. The first-order valence-electron chi connectivity index (χ1n) is 12.9. The van der Waals surface area contributed by atoms with Gasteiger partial charge in [0, 0.05) is 41.2 Å². The number of carbonyl (C=O) groups excluding carboxylic acids is 1. The Balaban J connectivity index is 1.23. The summed E-state index contributed by atoms with van der Waals surface area (Å²) in [5.41, 5.74) is 10.6. The second kappa shape index (κ2) is 11.1. The number of pyridine rings is 1. The number of guanidine groups is 1. The van der Waals surface area contributed by atoms with E-state index in [0.29, 0.717) is 12.5 Å². The second-order valence-electron chi connectivity index (χ2n) is 10.3. The normalized spacial score (nSPS) is 21.4. The van der Waals surface area contributed by atoms with Gasteiger partial charge >= 0.3 is 0 Å². The third-order valence-electron chi connectivity index (χ3n) is 8.08. The van der Waals surface area contributed by atoms with Crippen molar-refractivity contribution in [3.8, 4) is 0 Å². The highest BCUT2D eigenvalue weighted by Crippen LogP contribution is 2.39. The fourth-order valence-electron chi connectivity index (χ4n) is 5.97. The molecule has 1 aromatic carbocycles. The number of halogens is 2. The molecule has 4 N–H and O–H groups in total. The van der Waals surface area contributed by atoms with Crippen molar-refractivity contribution in [3.63, 3.8) is 0 Å². The molecule has 2 aromatic rings. The number of piperidine rings is 2. The Hall–Kier alpha value is -2.16. The molecule has 0 radical (unpaired) electrons. The molecule has 1 atom stereocenters. The summed E-state index contributed by atoms with van der Waals surface area (Å²) in [6, 6.07) is 8.53. The minimum absolute atomic E-state index is 0.0476. The molecule has 1 unspecified atom stereocenters. The molecular formula is C27H34BrClN6O. The van der Waals surface area contributed by atoms with E-state index in [-0.39, 0.29) is 23.8 Å². The number of aryl methyl sites for hydroxylation is 2. The Morgan fingerprint density at radius 3 is 2.56 bits per heavy atom. The second-order valence-corrected chi connectivity index (χ2v) is 11.7. The summed E-state index contributed by atoms with van der Waals surface area (Å²) in [7, 11) is 0. The van der Waals surface area contributed by atoms with Crippen molar-refractivity contribution in [1.82, 2.24) is 20.1 Å². The first-order chi connectivity index (χ1) is 17.4. The SMILES string of the molecule is N=C(N)N1CCC(CNC(=O)C2CCN(C3c4ccc(Cl)cc4CCc4cc(Br)cnc43)CC2)CC1. The number of amides is 1. The van der Waals surface area contributed by atoms with E-state index in [0.717, 1.165) is 79.9 Å². The van der Waals surface area contributed by atoms with Crippen LogP contribution in [0.4, 0.5) is 0 Å². The number of nitrogens with two attached hydrogens (primary N) is 1. The molecule has 1 aromatic heterocycles. The molecule has 1 aliphatic carbocycles. The molecule has 5 rings (SSSR count). The fraction of sp³-hybridized carbons (Fsp3) is 0.519. The van der Waals surface area contributed by atoms with Crippen LogP contribution in [0.5, 0.6) is 0 Å². The van der Waals surface area contributed by atoms with Crippen LogP contribution in [-0.2, 0) is 17.6 Å². The molecule has 2 saturated heterocycles. The number of likely N-dealkylation sites (tertiary alicyclic amines) is 2. The highest BCUT2D eigenvalue weighted by Gasteiger charge is 2.34. The Morgan fingerprint density at radius 2 is 1.83 bits per heavy atom. The van der Waals surface area contributed by atoms with Crippen LogP contribution in [0, 0.1) is 17.2 Å². The average molecular weight is 574 g/mol. The van der Waals surface area contributed by atoms with E-state index in [1.807, 2.05) is 17.2 Å². The van der Waals surface area contributed by atoms with Crippen LogP contribution in [0.15, 0.2) is 34.9 Å². The number of rotatable bonds is 4. The summed E-state index contributed by atoms with van der Waals surface area (Å²) in [4.78, 5) is 22.3. The summed E-state index contributed by atoms with van der Waals surface area (Å²) >= 11 is 9.96. The van der Waals surface area contributed by atoms with E-state index in [2.05, 4.69) is 44.3 Å². The Bertz CT molecular complexity index is 1070. The van der Waals surface area contributed by atoms with Crippen LogP contribution in [0.3, 0.4) is 0 Å². The molecule has 2 aliphatic heterocycles. The van der Waals surface area contributed by atoms with Crippen molar-refractivity contribution in [2.24, 2.45) is 17.6 Å². The smallest absolute Gasteiger partial charge is 0.223 e. The van der Waals surface area contributed by atoms with Crippen molar-refractivity contribution in [3.05, 3.63) is 62.3 Å². The lowest BCUT2D eigenvalue weighted by atomic mass is 9.90. The van der Waals surface area contributed by atoms with Crippen LogP contribution in [0.25, 0.3) is 0 Å². The minimum Gasteiger partial charge on any atom is -0.370 e. The Kier molecular flexibility index (Phi) is 7.84. The van der Waals surface area contributed by atoms with E-state index in [1.54, 1.807) is 0 Å². The van der Waals surface area contributed by atoms with Gasteiger partial charge in [0.05, 0.1) is 11.7 Å². The van der Waals surface area contributed by atoms with Gasteiger partial charge in [-0.2, -0.15) is 0 Å². The zero-order valence-corrected chi connectivity index (χ0v) is 22.8. The van der Waals surface area contributed by atoms with Crippen molar-refractivity contribution >= 4 is 39.4 Å². The number of carbonyl (C=O) groups is 1. The molecule has 0 spiro atoms. The summed E-state index contributed by atoms with van der Waals surface area (Å²) in [5, 5.41) is 11.6. The first kappa shape index (κ1) is 25.5. The number of hydrogen-bond acceptors (Lipinski definition) is 4. The van der Waals surface area contributed by atoms with E-state index in [1.165, 1.54) is 16.7 Å². The molecular weight excluding hydrogens is 540 g/mol. The molecule has 1 amide bonds. The molecule has 2 fully saturated rings. The van der Waals surface area contributed by atoms with Crippen molar-refractivity contribution in [2.45, 2.75) is 44.6 Å². The van der Waals surface area contributed by atoms with Crippen molar-refractivity contribution in [2.75, 3.05) is 32.7 Å². The number of aromatic nitrogens is 1.